The number of aromatic nitrogens is 1. The molecule has 8 nitrogen and oxygen atoms in total. The minimum absolute atomic E-state index is 0.0294. The van der Waals surface area contributed by atoms with Crippen molar-refractivity contribution in [3.63, 3.8) is 0 Å². The minimum Gasteiger partial charge on any atom is -0.468 e. The summed E-state index contributed by atoms with van der Waals surface area (Å²) in [5.74, 6) is -1.55. The number of anilines is 1. The molecule has 0 aliphatic heterocycles. The van der Waals surface area contributed by atoms with E-state index >= 15 is 0 Å². The Kier molecular flexibility index (Phi) is 5.36. The summed E-state index contributed by atoms with van der Waals surface area (Å²) < 4.78 is 35.6. The van der Waals surface area contributed by atoms with Crippen molar-refractivity contribution in [3.8, 4) is 0 Å². The van der Waals surface area contributed by atoms with Crippen LogP contribution >= 0.6 is 0 Å². The summed E-state index contributed by atoms with van der Waals surface area (Å²) in [5.41, 5.74) is 0.566. The number of carbonyl (C=O) groups excluding carboxylic acids is 2. The number of aryl methyl sites for hydroxylation is 1. The first-order valence-electron chi connectivity index (χ1n) is 6.19. The number of esters is 2. The highest BCUT2D eigenvalue weighted by Crippen LogP contribution is 2.22. The number of H-pyrrole nitrogens is 1. The zero-order valence-electron chi connectivity index (χ0n) is 12.2. The Hall–Kier alpha value is -2.03. The molecule has 1 aromatic rings. The van der Waals surface area contributed by atoms with E-state index in [1.54, 1.807) is 13.8 Å². The van der Waals surface area contributed by atoms with Gasteiger partial charge in [-0.15, -0.1) is 0 Å². The van der Waals surface area contributed by atoms with Crippen LogP contribution in [0.25, 0.3) is 0 Å². The molecule has 0 aromatic carbocycles. The molecule has 2 N–H and O–H groups in total. The van der Waals surface area contributed by atoms with Gasteiger partial charge in [0.1, 0.15) is 5.56 Å². The summed E-state index contributed by atoms with van der Waals surface area (Å²) in [7, 11) is -2.94. The summed E-state index contributed by atoms with van der Waals surface area (Å²) in [6, 6.07) is 0. The van der Waals surface area contributed by atoms with Crippen molar-refractivity contribution in [1.82, 2.24) is 4.98 Å². The molecule has 1 rings (SSSR count). The van der Waals surface area contributed by atoms with Gasteiger partial charge in [-0.3, -0.25) is 9.52 Å². The molecule has 1 atom stereocenters. The second kappa shape index (κ2) is 6.61. The third kappa shape index (κ3) is 3.75. The first-order valence-corrected chi connectivity index (χ1v) is 7.73. The van der Waals surface area contributed by atoms with Crippen LogP contribution in [0.15, 0.2) is 6.20 Å². The summed E-state index contributed by atoms with van der Waals surface area (Å²) in [5, 5.41) is -1.41. The molecule has 0 saturated carbocycles. The van der Waals surface area contributed by atoms with Gasteiger partial charge in [0.2, 0.25) is 10.0 Å². The normalized spacial score (nSPS) is 12.6. The number of sulfonamides is 1. The van der Waals surface area contributed by atoms with Crippen molar-refractivity contribution >= 4 is 27.6 Å². The number of hydrogen-bond acceptors (Lipinski definition) is 6. The van der Waals surface area contributed by atoms with E-state index in [0.29, 0.717) is 5.69 Å². The maximum atomic E-state index is 12.1. The third-order valence-electron chi connectivity index (χ3n) is 2.81. The fourth-order valence-electron chi connectivity index (χ4n) is 1.61. The van der Waals surface area contributed by atoms with Gasteiger partial charge in [0.15, 0.2) is 5.25 Å². The van der Waals surface area contributed by atoms with Crippen molar-refractivity contribution in [2.24, 2.45) is 0 Å². The number of aromatic amines is 1. The smallest absolute Gasteiger partial charge is 0.342 e. The number of nitrogens with one attached hydrogen (secondary N) is 2. The Balaban J connectivity index is 3.09. The van der Waals surface area contributed by atoms with Gasteiger partial charge < -0.3 is 14.5 Å². The molecule has 1 heterocycles. The molecule has 118 valence electrons. The van der Waals surface area contributed by atoms with Gasteiger partial charge in [0.05, 0.1) is 19.4 Å². The number of hydrogen-bond donors (Lipinski definition) is 2. The molecule has 0 amide bonds. The Labute approximate surface area is 122 Å². The van der Waals surface area contributed by atoms with Gasteiger partial charge in [0.25, 0.3) is 0 Å². The number of carbonyl (C=O) groups is 2. The average molecular weight is 318 g/mol. The fourth-order valence-corrected chi connectivity index (χ4v) is 2.60. The number of ether oxygens (including phenoxy) is 2. The molecular formula is C12H18N2O6S. The third-order valence-corrected chi connectivity index (χ3v) is 4.44. The van der Waals surface area contributed by atoms with Gasteiger partial charge in [-0.1, -0.05) is 0 Å². The van der Waals surface area contributed by atoms with Crippen LogP contribution in [0, 0.1) is 6.92 Å². The van der Waals surface area contributed by atoms with Crippen LogP contribution < -0.4 is 4.72 Å². The molecule has 1 aromatic heterocycles. The summed E-state index contributed by atoms with van der Waals surface area (Å²) in [6.45, 7) is 4.60. The van der Waals surface area contributed by atoms with Gasteiger partial charge >= 0.3 is 11.9 Å². The first kappa shape index (κ1) is 17.0. The lowest BCUT2D eigenvalue weighted by Gasteiger charge is -2.13. The van der Waals surface area contributed by atoms with Gasteiger partial charge in [0, 0.05) is 11.9 Å². The zero-order valence-corrected chi connectivity index (χ0v) is 13.0. The van der Waals surface area contributed by atoms with E-state index in [1.165, 1.54) is 13.1 Å². The molecule has 0 aliphatic rings. The van der Waals surface area contributed by atoms with E-state index in [4.69, 9.17) is 4.74 Å². The first-order chi connectivity index (χ1) is 9.74. The predicted molar refractivity (Wildman–Crippen MR) is 75.5 cm³/mol. The molecule has 0 radical (unpaired) electrons. The Morgan fingerprint density at radius 3 is 2.57 bits per heavy atom. The molecule has 21 heavy (non-hydrogen) atoms. The lowest BCUT2D eigenvalue weighted by Crippen LogP contribution is -2.33. The highest BCUT2D eigenvalue weighted by molar-refractivity contribution is 7.94. The van der Waals surface area contributed by atoms with Crippen LogP contribution in [0.4, 0.5) is 5.69 Å². The summed E-state index contributed by atoms with van der Waals surface area (Å²) in [4.78, 5) is 25.9. The Morgan fingerprint density at radius 2 is 2.05 bits per heavy atom. The van der Waals surface area contributed by atoms with Crippen LogP contribution in [0.2, 0.25) is 0 Å². The lowest BCUT2D eigenvalue weighted by atomic mass is 10.2. The maximum Gasteiger partial charge on any atom is 0.342 e. The summed E-state index contributed by atoms with van der Waals surface area (Å²) in [6.07, 6.45) is 1.32. The van der Waals surface area contributed by atoms with Crippen molar-refractivity contribution in [1.29, 1.82) is 0 Å². The Morgan fingerprint density at radius 1 is 1.43 bits per heavy atom. The van der Waals surface area contributed by atoms with E-state index in [1.807, 2.05) is 0 Å². The maximum absolute atomic E-state index is 12.1. The van der Waals surface area contributed by atoms with Crippen LogP contribution in [0.5, 0.6) is 0 Å². The molecule has 1 unspecified atom stereocenters. The van der Waals surface area contributed by atoms with Gasteiger partial charge in [-0.25, -0.2) is 13.2 Å². The minimum atomic E-state index is -4.03. The van der Waals surface area contributed by atoms with Crippen molar-refractivity contribution in [2.75, 3.05) is 18.4 Å². The second-order valence-corrected chi connectivity index (χ2v) is 6.24. The second-order valence-electron chi connectivity index (χ2n) is 4.24. The van der Waals surface area contributed by atoms with Crippen LogP contribution in [-0.4, -0.2) is 44.3 Å². The Bertz CT molecular complexity index is 634. The van der Waals surface area contributed by atoms with E-state index in [2.05, 4.69) is 14.4 Å². The largest absolute Gasteiger partial charge is 0.468 e. The SMILES string of the molecule is CCOC(=O)c1c(NS(=O)(=O)C(C)C(=O)OC)c[nH]c1C. The average Bonchev–Trinajstić information content (AvgIpc) is 2.77. The van der Waals surface area contributed by atoms with E-state index < -0.39 is 27.2 Å². The number of methoxy groups -OCH3 is 1. The van der Waals surface area contributed by atoms with Crippen molar-refractivity contribution in [2.45, 2.75) is 26.0 Å². The molecular weight excluding hydrogens is 300 g/mol. The monoisotopic (exact) mass is 318 g/mol. The van der Waals surface area contributed by atoms with Crippen LogP contribution in [-0.2, 0) is 24.3 Å². The van der Waals surface area contributed by atoms with E-state index in [-0.39, 0.29) is 17.9 Å². The highest BCUT2D eigenvalue weighted by atomic mass is 32.2. The summed E-state index contributed by atoms with van der Waals surface area (Å²) >= 11 is 0. The van der Waals surface area contributed by atoms with Crippen molar-refractivity contribution in [3.05, 3.63) is 17.5 Å². The van der Waals surface area contributed by atoms with Crippen LogP contribution in [0.3, 0.4) is 0 Å². The standard InChI is InChI=1S/C12H18N2O6S/c1-5-20-12(16)10-7(2)13-6-9(10)14-21(17,18)8(3)11(15)19-4/h6,8,13-14H,5H2,1-4H3. The fraction of sp³-hybridized carbons (Fsp3) is 0.500. The topological polar surface area (TPSA) is 115 Å². The van der Waals surface area contributed by atoms with E-state index in [0.717, 1.165) is 7.11 Å². The quantitative estimate of drug-likeness (QED) is 0.750. The van der Waals surface area contributed by atoms with Gasteiger partial charge in [-0.2, -0.15) is 0 Å². The van der Waals surface area contributed by atoms with Crippen LogP contribution in [0.1, 0.15) is 29.9 Å². The molecule has 0 saturated heterocycles. The van der Waals surface area contributed by atoms with E-state index in [9.17, 15) is 18.0 Å². The molecule has 0 aliphatic carbocycles. The van der Waals surface area contributed by atoms with Gasteiger partial charge in [-0.05, 0) is 20.8 Å². The molecule has 0 fully saturated rings. The molecule has 9 heteroatoms. The zero-order chi connectivity index (χ0) is 16.2. The molecule has 0 bridgehead atoms. The predicted octanol–water partition coefficient (Wildman–Crippen LogP) is 0.803. The van der Waals surface area contributed by atoms with Crippen molar-refractivity contribution < 1.29 is 27.5 Å². The lowest BCUT2D eigenvalue weighted by molar-refractivity contribution is -0.139. The molecule has 0 spiro atoms. The number of rotatable bonds is 6. The highest BCUT2D eigenvalue weighted by Gasteiger charge is 2.31.